The number of hydrogen-bond donors (Lipinski definition) is 2. The lowest BCUT2D eigenvalue weighted by atomic mass is 10.0. The number of aromatic amines is 1. The van der Waals surface area contributed by atoms with Gasteiger partial charge in [0.2, 0.25) is 5.91 Å². The molecule has 6 nitrogen and oxygen atoms in total. The Bertz CT molecular complexity index is 692. The number of benzene rings is 1. The van der Waals surface area contributed by atoms with Gasteiger partial charge in [-0.05, 0) is 24.0 Å². The average molecular weight is 318 g/mol. The van der Waals surface area contributed by atoms with E-state index in [9.17, 15) is 9.59 Å². The molecule has 0 radical (unpaired) electrons. The second kappa shape index (κ2) is 7.74. The van der Waals surface area contributed by atoms with Crippen molar-refractivity contribution >= 4 is 23.4 Å². The Morgan fingerprint density at radius 2 is 1.95 bits per heavy atom. The van der Waals surface area contributed by atoms with Crippen LogP contribution >= 0.6 is 11.8 Å². The normalized spacial score (nSPS) is 10.5. The smallest absolute Gasteiger partial charge is 0.325 e. The van der Waals surface area contributed by atoms with Crippen LogP contribution in [0.15, 0.2) is 34.2 Å². The predicted octanol–water partition coefficient (Wildman–Crippen LogP) is 2.02. The summed E-state index contributed by atoms with van der Waals surface area (Å²) in [6.07, 6.45) is 3.14. The molecule has 1 amide bonds. The van der Waals surface area contributed by atoms with Gasteiger partial charge >= 0.3 is 5.69 Å². The molecule has 1 aromatic carbocycles. The summed E-state index contributed by atoms with van der Waals surface area (Å²) in [5.74, 6) is 0.0574. The lowest BCUT2D eigenvalue weighted by molar-refractivity contribution is -0.113. The van der Waals surface area contributed by atoms with Crippen molar-refractivity contribution in [3.8, 4) is 0 Å². The van der Waals surface area contributed by atoms with E-state index in [2.05, 4.69) is 34.3 Å². The van der Waals surface area contributed by atoms with Gasteiger partial charge in [0.1, 0.15) is 5.03 Å². The Kier molecular flexibility index (Phi) is 5.71. The van der Waals surface area contributed by atoms with E-state index in [0.717, 1.165) is 29.7 Å². The minimum Gasteiger partial charge on any atom is -0.325 e. The van der Waals surface area contributed by atoms with Crippen molar-refractivity contribution < 1.29 is 4.79 Å². The SMILES string of the molecule is CCc1cccc(CC)c1NC(=O)CSc1cn[nH]c(=O)n1. The molecule has 116 valence electrons. The lowest BCUT2D eigenvalue weighted by Crippen LogP contribution is -2.17. The summed E-state index contributed by atoms with van der Waals surface area (Å²) >= 11 is 1.18. The molecule has 0 aliphatic rings. The minimum absolute atomic E-state index is 0.123. The van der Waals surface area contributed by atoms with Crippen LogP contribution in [0.2, 0.25) is 0 Å². The molecule has 0 aliphatic carbocycles. The van der Waals surface area contributed by atoms with E-state index in [4.69, 9.17) is 0 Å². The highest BCUT2D eigenvalue weighted by molar-refractivity contribution is 7.99. The van der Waals surface area contributed by atoms with E-state index in [-0.39, 0.29) is 11.7 Å². The zero-order valence-electron chi connectivity index (χ0n) is 12.5. The lowest BCUT2D eigenvalue weighted by Gasteiger charge is -2.14. The Morgan fingerprint density at radius 1 is 1.27 bits per heavy atom. The van der Waals surface area contributed by atoms with Crippen LogP contribution in [-0.4, -0.2) is 26.8 Å². The number of carbonyl (C=O) groups is 1. The molecule has 0 unspecified atom stereocenters. The van der Waals surface area contributed by atoms with E-state index >= 15 is 0 Å². The van der Waals surface area contributed by atoms with Crippen LogP contribution in [0.1, 0.15) is 25.0 Å². The standard InChI is InChI=1S/C15H18N4O2S/c1-3-10-6-5-7-11(4-2)14(10)17-12(20)9-22-13-8-16-19-15(21)18-13/h5-8H,3-4,9H2,1-2H3,(H,17,20)(H,18,19,21). The van der Waals surface area contributed by atoms with E-state index in [1.54, 1.807) is 0 Å². The molecule has 22 heavy (non-hydrogen) atoms. The van der Waals surface area contributed by atoms with Crippen LogP contribution in [0.3, 0.4) is 0 Å². The number of para-hydroxylation sites is 1. The van der Waals surface area contributed by atoms with Gasteiger partial charge in [0, 0.05) is 5.69 Å². The number of thioether (sulfide) groups is 1. The van der Waals surface area contributed by atoms with Crippen LogP contribution in [0.25, 0.3) is 0 Å². The molecular weight excluding hydrogens is 300 g/mol. The minimum atomic E-state index is -0.519. The van der Waals surface area contributed by atoms with Gasteiger partial charge in [0.15, 0.2) is 0 Å². The van der Waals surface area contributed by atoms with E-state index in [1.807, 2.05) is 18.2 Å². The van der Waals surface area contributed by atoms with Gasteiger partial charge in [-0.1, -0.05) is 43.8 Å². The first-order valence-corrected chi connectivity index (χ1v) is 8.07. The highest BCUT2D eigenvalue weighted by Crippen LogP contribution is 2.23. The molecule has 0 fully saturated rings. The molecule has 1 aromatic heterocycles. The van der Waals surface area contributed by atoms with Crippen LogP contribution in [0.5, 0.6) is 0 Å². The highest BCUT2D eigenvalue weighted by Gasteiger charge is 2.11. The third-order valence-corrected chi connectivity index (χ3v) is 4.06. The largest absolute Gasteiger partial charge is 0.362 e. The molecular formula is C15H18N4O2S. The summed E-state index contributed by atoms with van der Waals surface area (Å²) in [6.45, 7) is 4.12. The molecule has 2 rings (SSSR count). The maximum absolute atomic E-state index is 12.1. The third-order valence-electron chi connectivity index (χ3n) is 3.16. The van der Waals surface area contributed by atoms with Gasteiger partial charge in [0.25, 0.3) is 0 Å². The van der Waals surface area contributed by atoms with Crippen LogP contribution in [-0.2, 0) is 17.6 Å². The van der Waals surface area contributed by atoms with Crippen molar-refractivity contribution in [3.63, 3.8) is 0 Å². The summed E-state index contributed by atoms with van der Waals surface area (Å²) in [5, 5.41) is 9.25. The fourth-order valence-corrected chi connectivity index (χ4v) is 2.71. The van der Waals surface area contributed by atoms with Crippen LogP contribution in [0.4, 0.5) is 5.69 Å². The molecule has 0 saturated carbocycles. The molecule has 1 heterocycles. The third kappa shape index (κ3) is 4.17. The van der Waals surface area contributed by atoms with Gasteiger partial charge in [-0.25, -0.2) is 9.89 Å². The number of carbonyl (C=O) groups excluding carboxylic acids is 1. The zero-order valence-corrected chi connectivity index (χ0v) is 13.4. The highest BCUT2D eigenvalue weighted by atomic mass is 32.2. The molecule has 0 spiro atoms. The fraction of sp³-hybridized carbons (Fsp3) is 0.333. The maximum Gasteiger partial charge on any atom is 0.362 e. The zero-order chi connectivity index (χ0) is 15.9. The molecule has 0 saturated heterocycles. The summed E-state index contributed by atoms with van der Waals surface area (Å²) in [4.78, 5) is 26.9. The number of nitrogens with one attached hydrogen (secondary N) is 2. The summed E-state index contributed by atoms with van der Waals surface area (Å²) in [6, 6.07) is 6.04. The molecule has 0 aliphatic heterocycles. The second-order valence-electron chi connectivity index (χ2n) is 4.62. The summed E-state index contributed by atoms with van der Waals surface area (Å²) in [5.41, 5.74) is 2.62. The van der Waals surface area contributed by atoms with Gasteiger partial charge in [-0.15, -0.1) is 0 Å². The Hall–Kier alpha value is -2.15. The van der Waals surface area contributed by atoms with Crippen molar-refractivity contribution in [1.82, 2.24) is 15.2 Å². The van der Waals surface area contributed by atoms with Crippen molar-refractivity contribution in [1.29, 1.82) is 0 Å². The number of hydrogen-bond acceptors (Lipinski definition) is 5. The molecule has 0 atom stereocenters. The van der Waals surface area contributed by atoms with Gasteiger partial charge < -0.3 is 5.32 Å². The van der Waals surface area contributed by atoms with Crippen molar-refractivity contribution in [2.45, 2.75) is 31.7 Å². The number of aromatic nitrogens is 3. The summed E-state index contributed by atoms with van der Waals surface area (Å²) in [7, 11) is 0. The van der Waals surface area contributed by atoms with Gasteiger partial charge in [-0.2, -0.15) is 10.1 Å². The first kappa shape index (κ1) is 16.2. The van der Waals surface area contributed by atoms with Gasteiger partial charge in [0.05, 0.1) is 11.9 Å². The molecule has 2 N–H and O–H groups in total. The van der Waals surface area contributed by atoms with Crippen molar-refractivity contribution in [2.24, 2.45) is 0 Å². The van der Waals surface area contributed by atoms with E-state index in [1.165, 1.54) is 18.0 Å². The Labute approximate surface area is 132 Å². The average Bonchev–Trinajstić information content (AvgIpc) is 2.53. The maximum atomic E-state index is 12.1. The monoisotopic (exact) mass is 318 g/mol. The van der Waals surface area contributed by atoms with E-state index in [0.29, 0.717) is 5.03 Å². The first-order valence-electron chi connectivity index (χ1n) is 7.09. The number of amides is 1. The number of anilines is 1. The molecule has 0 bridgehead atoms. The summed E-state index contributed by atoms with van der Waals surface area (Å²) < 4.78 is 0. The van der Waals surface area contributed by atoms with Crippen molar-refractivity contribution in [2.75, 3.05) is 11.1 Å². The molecule has 7 heteroatoms. The Balaban J connectivity index is 2.04. The fourth-order valence-electron chi connectivity index (χ4n) is 2.08. The quantitative estimate of drug-likeness (QED) is 0.796. The number of rotatable bonds is 6. The number of aryl methyl sites for hydroxylation is 2. The predicted molar refractivity (Wildman–Crippen MR) is 87.2 cm³/mol. The number of H-pyrrole nitrogens is 1. The van der Waals surface area contributed by atoms with Gasteiger partial charge in [-0.3, -0.25) is 4.79 Å². The Morgan fingerprint density at radius 3 is 2.55 bits per heavy atom. The number of nitrogens with zero attached hydrogens (tertiary/aromatic N) is 2. The van der Waals surface area contributed by atoms with Crippen LogP contribution < -0.4 is 11.0 Å². The molecule has 2 aromatic rings. The second-order valence-corrected chi connectivity index (χ2v) is 5.62. The first-order chi connectivity index (χ1) is 10.6. The van der Waals surface area contributed by atoms with E-state index < -0.39 is 5.69 Å². The van der Waals surface area contributed by atoms with Crippen LogP contribution in [0, 0.1) is 0 Å². The van der Waals surface area contributed by atoms with Crippen molar-refractivity contribution in [3.05, 3.63) is 46.0 Å². The topological polar surface area (TPSA) is 87.7 Å².